The molecule has 0 radical (unpaired) electrons. The highest BCUT2D eigenvalue weighted by molar-refractivity contribution is 5.82. The van der Waals surface area contributed by atoms with Crippen molar-refractivity contribution in [3.8, 4) is 0 Å². The molecule has 2 atom stereocenters. The van der Waals surface area contributed by atoms with E-state index in [1.807, 2.05) is 0 Å². The van der Waals surface area contributed by atoms with Crippen LogP contribution >= 0.6 is 0 Å². The van der Waals surface area contributed by atoms with E-state index >= 15 is 0 Å². The number of carbonyl (C=O) groups is 2. The van der Waals surface area contributed by atoms with Crippen LogP contribution in [0.15, 0.2) is 0 Å². The Hall–Kier alpha value is -1.06. The minimum Gasteiger partial charge on any atom is -0.481 e. The third kappa shape index (κ3) is 0.913. The molecule has 0 aromatic carbocycles. The van der Waals surface area contributed by atoms with Gasteiger partial charge in [-0.3, -0.25) is 9.59 Å². The number of methoxy groups -OCH3 is 1. The fraction of sp³-hybridized carbons (Fsp3) is 0.833. The van der Waals surface area contributed by atoms with Gasteiger partial charge in [0.25, 0.3) is 0 Å². The number of rotatable bonds is 2. The van der Waals surface area contributed by atoms with Gasteiger partial charge in [-0.1, -0.05) is 0 Å². The Morgan fingerprint density at radius 2 is 1.62 bits per heavy atom. The van der Waals surface area contributed by atoms with Crippen molar-refractivity contribution in [2.24, 2.45) is 22.7 Å². The van der Waals surface area contributed by atoms with Crippen LogP contribution in [0.3, 0.4) is 0 Å². The maximum absolute atomic E-state index is 11.9. The van der Waals surface area contributed by atoms with Gasteiger partial charge in [-0.05, 0) is 43.9 Å². The molecule has 2 bridgehead atoms. The molecular weight excluding hydrogens is 208 g/mol. The summed E-state index contributed by atoms with van der Waals surface area (Å²) in [5.41, 5.74) is -0.850. The molecule has 0 amide bonds. The molecule has 0 aliphatic heterocycles. The zero-order valence-electron chi connectivity index (χ0n) is 9.36. The first kappa shape index (κ1) is 10.1. The Balaban J connectivity index is 1.94. The van der Waals surface area contributed by atoms with Crippen LogP contribution in [0.5, 0.6) is 0 Å². The van der Waals surface area contributed by atoms with E-state index in [-0.39, 0.29) is 23.2 Å². The summed E-state index contributed by atoms with van der Waals surface area (Å²) in [5.74, 6) is -0.262. The number of carbonyl (C=O) groups excluding carboxylic acids is 1. The van der Waals surface area contributed by atoms with Crippen LogP contribution in [-0.2, 0) is 14.3 Å². The standard InChI is InChI=1S/C12H16O4/c1-16-10(15)12-4-2-11(3-5-12,9(13)14)7-6-8(7)12/h7-8H,2-6H2,1H3,(H,13,14)/t7-,8+,11?,12?/m1/s1. The molecule has 16 heavy (non-hydrogen) atoms. The normalized spacial score (nSPS) is 48.3. The molecule has 0 aromatic rings. The minimum atomic E-state index is -0.654. The predicted molar refractivity (Wildman–Crippen MR) is 54.6 cm³/mol. The van der Waals surface area contributed by atoms with Crippen LogP contribution in [0.1, 0.15) is 32.1 Å². The highest BCUT2D eigenvalue weighted by Crippen LogP contribution is 2.73. The van der Waals surface area contributed by atoms with Crippen molar-refractivity contribution in [2.45, 2.75) is 32.1 Å². The average molecular weight is 224 g/mol. The van der Waals surface area contributed by atoms with Gasteiger partial charge >= 0.3 is 11.9 Å². The van der Waals surface area contributed by atoms with E-state index in [0.717, 1.165) is 6.42 Å². The van der Waals surface area contributed by atoms with Gasteiger partial charge in [0.15, 0.2) is 0 Å². The summed E-state index contributed by atoms with van der Waals surface area (Å²) in [5, 5.41) is 9.37. The number of hydrogen-bond donors (Lipinski definition) is 1. The van der Waals surface area contributed by atoms with Crippen molar-refractivity contribution < 1.29 is 19.4 Å². The molecule has 1 N–H and O–H groups in total. The molecule has 0 saturated heterocycles. The highest BCUT2D eigenvalue weighted by Gasteiger charge is 2.73. The number of carboxylic acids is 1. The number of esters is 1. The Morgan fingerprint density at radius 3 is 2.12 bits per heavy atom. The zero-order valence-corrected chi connectivity index (χ0v) is 9.36. The molecule has 0 spiro atoms. The van der Waals surface area contributed by atoms with Gasteiger partial charge in [-0.25, -0.2) is 0 Å². The monoisotopic (exact) mass is 224 g/mol. The second-order valence-electron chi connectivity index (χ2n) is 5.56. The summed E-state index contributed by atoms with van der Waals surface area (Å²) in [6, 6.07) is 0. The minimum absolute atomic E-state index is 0.112. The van der Waals surface area contributed by atoms with E-state index in [1.165, 1.54) is 7.11 Å². The molecular formula is C12H16O4. The first-order valence-electron chi connectivity index (χ1n) is 5.89. The van der Waals surface area contributed by atoms with Gasteiger partial charge in [0, 0.05) is 0 Å². The topological polar surface area (TPSA) is 63.6 Å². The lowest BCUT2D eigenvalue weighted by molar-refractivity contribution is -0.174. The second kappa shape index (κ2) is 2.79. The lowest BCUT2D eigenvalue weighted by atomic mass is 9.54. The molecule has 0 unspecified atom stereocenters. The first-order chi connectivity index (χ1) is 7.57. The number of carboxylic acid groups (broad SMARTS) is 1. The van der Waals surface area contributed by atoms with Crippen LogP contribution in [0.25, 0.3) is 0 Å². The van der Waals surface area contributed by atoms with Crippen LogP contribution in [0, 0.1) is 22.7 Å². The molecule has 4 aliphatic rings. The van der Waals surface area contributed by atoms with Gasteiger partial charge < -0.3 is 9.84 Å². The number of hydrogen-bond acceptors (Lipinski definition) is 3. The van der Waals surface area contributed by atoms with Gasteiger partial charge in [0.1, 0.15) is 0 Å². The largest absolute Gasteiger partial charge is 0.481 e. The van der Waals surface area contributed by atoms with E-state index in [9.17, 15) is 14.7 Å². The highest BCUT2D eigenvalue weighted by atomic mass is 16.5. The molecule has 88 valence electrons. The fourth-order valence-electron chi connectivity index (χ4n) is 4.23. The van der Waals surface area contributed by atoms with Crippen molar-refractivity contribution in [3.63, 3.8) is 0 Å². The van der Waals surface area contributed by atoms with Gasteiger partial charge in [0.2, 0.25) is 0 Å². The van der Waals surface area contributed by atoms with Crippen LogP contribution in [0.4, 0.5) is 0 Å². The summed E-state index contributed by atoms with van der Waals surface area (Å²) in [4.78, 5) is 23.3. The SMILES string of the molecule is COC(=O)C12CCC(C(=O)O)(CC1)[C@@H]1C[C@@H]12. The third-order valence-electron chi connectivity index (χ3n) is 5.26. The van der Waals surface area contributed by atoms with Crippen LogP contribution < -0.4 is 0 Å². The summed E-state index contributed by atoms with van der Waals surface area (Å²) < 4.78 is 4.91. The van der Waals surface area contributed by atoms with E-state index in [1.54, 1.807) is 0 Å². The van der Waals surface area contributed by atoms with Crippen molar-refractivity contribution >= 4 is 11.9 Å². The van der Waals surface area contributed by atoms with Crippen molar-refractivity contribution in [1.29, 1.82) is 0 Å². The Kier molecular flexibility index (Phi) is 1.76. The van der Waals surface area contributed by atoms with Gasteiger partial charge in [-0.15, -0.1) is 0 Å². The molecule has 4 saturated carbocycles. The molecule has 4 rings (SSSR count). The summed E-state index contributed by atoms with van der Waals surface area (Å²) in [6.07, 6.45) is 3.61. The molecule has 4 nitrogen and oxygen atoms in total. The summed E-state index contributed by atoms with van der Waals surface area (Å²) in [7, 11) is 1.43. The van der Waals surface area contributed by atoms with Crippen molar-refractivity contribution in [2.75, 3.05) is 7.11 Å². The number of ether oxygens (including phenoxy) is 1. The van der Waals surface area contributed by atoms with E-state index in [0.29, 0.717) is 25.7 Å². The molecule has 4 aliphatic carbocycles. The average Bonchev–Trinajstić information content (AvgIpc) is 3.10. The number of fused-ring (bicyclic) bond motifs is 2. The van der Waals surface area contributed by atoms with E-state index in [2.05, 4.69) is 0 Å². The van der Waals surface area contributed by atoms with Crippen LogP contribution in [0.2, 0.25) is 0 Å². The summed E-state index contributed by atoms with van der Waals surface area (Å²) >= 11 is 0. The molecule has 0 aromatic heterocycles. The second-order valence-corrected chi connectivity index (χ2v) is 5.56. The van der Waals surface area contributed by atoms with Crippen molar-refractivity contribution in [1.82, 2.24) is 0 Å². The first-order valence-corrected chi connectivity index (χ1v) is 5.89. The van der Waals surface area contributed by atoms with Crippen molar-refractivity contribution in [3.05, 3.63) is 0 Å². The molecule has 0 heterocycles. The van der Waals surface area contributed by atoms with Gasteiger partial charge in [-0.2, -0.15) is 0 Å². The Bertz CT molecular complexity index is 365. The maximum Gasteiger partial charge on any atom is 0.312 e. The van der Waals surface area contributed by atoms with Gasteiger partial charge in [0.05, 0.1) is 17.9 Å². The fourth-order valence-corrected chi connectivity index (χ4v) is 4.23. The van der Waals surface area contributed by atoms with E-state index in [4.69, 9.17) is 4.74 Å². The quantitative estimate of drug-likeness (QED) is 0.721. The summed E-state index contributed by atoms with van der Waals surface area (Å²) in [6.45, 7) is 0. The molecule has 4 heteroatoms. The smallest absolute Gasteiger partial charge is 0.312 e. The zero-order chi connectivity index (χ0) is 11.6. The maximum atomic E-state index is 11.9. The van der Waals surface area contributed by atoms with E-state index < -0.39 is 11.4 Å². The Morgan fingerprint density at radius 1 is 1.12 bits per heavy atom. The predicted octanol–water partition coefficient (Wildman–Crippen LogP) is 1.44. The van der Waals surface area contributed by atoms with Crippen LogP contribution in [-0.4, -0.2) is 24.2 Å². The lowest BCUT2D eigenvalue weighted by Crippen LogP contribution is -2.51. The lowest BCUT2D eigenvalue weighted by Gasteiger charge is -2.48. The molecule has 4 fully saturated rings. The Labute approximate surface area is 94.0 Å². The number of aliphatic carboxylic acids is 1. The third-order valence-corrected chi connectivity index (χ3v) is 5.26.